The minimum absolute atomic E-state index is 1.19. The molecule has 0 heterocycles. The van der Waals surface area contributed by atoms with Crippen LogP contribution in [0.5, 0.6) is 0 Å². The Morgan fingerprint density at radius 1 is 0.500 bits per heavy atom. The molecule has 0 aromatic heterocycles. The fourth-order valence-corrected chi connectivity index (χ4v) is 3.17. The van der Waals surface area contributed by atoms with E-state index in [2.05, 4.69) is 123 Å². The fraction of sp³-hybridized carbons (Fsp3) is 0.154. The summed E-state index contributed by atoms with van der Waals surface area (Å²) in [4.78, 5) is 4.32. The molecule has 2 heteroatoms. The first kappa shape index (κ1) is 19.5. The fourth-order valence-electron chi connectivity index (χ4n) is 3.17. The molecule has 28 heavy (non-hydrogen) atoms. The lowest BCUT2D eigenvalue weighted by Crippen LogP contribution is -2.11. The number of benzene rings is 3. The minimum atomic E-state index is 1.19. The highest BCUT2D eigenvalue weighted by Crippen LogP contribution is 2.25. The zero-order chi connectivity index (χ0) is 19.9. The molecule has 3 aromatic carbocycles. The molecule has 142 valence electrons. The third-order valence-electron chi connectivity index (χ3n) is 4.65. The lowest BCUT2D eigenvalue weighted by atomic mass is 10.0. The van der Waals surface area contributed by atoms with Crippen molar-refractivity contribution in [3.05, 3.63) is 107 Å². The van der Waals surface area contributed by atoms with Gasteiger partial charge in [0.25, 0.3) is 0 Å². The first-order valence-corrected chi connectivity index (χ1v) is 9.53. The van der Waals surface area contributed by atoms with Crippen LogP contribution in [0.25, 0.3) is 23.5 Å². The van der Waals surface area contributed by atoms with Gasteiger partial charge in [0, 0.05) is 39.6 Å². The van der Waals surface area contributed by atoms with Gasteiger partial charge in [0.2, 0.25) is 0 Å². The quantitative estimate of drug-likeness (QED) is 0.507. The molecule has 0 aliphatic carbocycles. The van der Waals surface area contributed by atoms with Gasteiger partial charge in [-0.15, -0.1) is 0 Å². The van der Waals surface area contributed by atoms with E-state index in [1.807, 2.05) is 12.1 Å². The lowest BCUT2D eigenvalue weighted by Gasteiger charge is -2.21. The first-order chi connectivity index (χ1) is 13.5. The van der Waals surface area contributed by atoms with Crippen LogP contribution < -0.4 is 0 Å². The van der Waals surface area contributed by atoms with Crippen molar-refractivity contribution < 1.29 is 0 Å². The van der Waals surface area contributed by atoms with Crippen molar-refractivity contribution in [3.63, 3.8) is 0 Å². The van der Waals surface area contributed by atoms with Gasteiger partial charge in [0.1, 0.15) is 0 Å². The SMILES string of the molecule is CN(C)C(=Cc1ccccc1)c1ccc(C(=Cc2ccccc2)N(C)C)cc1. The van der Waals surface area contributed by atoms with Crippen molar-refractivity contribution in [1.29, 1.82) is 0 Å². The molecule has 0 radical (unpaired) electrons. The molecular weight excluding hydrogens is 340 g/mol. The van der Waals surface area contributed by atoms with Crippen LogP contribution in [0.4, 0.5) is 0 Å². The molecule has 0 saturated carbocycles. The smallest absolute Gasteiger partial charge is 0.0440 e. The molecule has 0 aliphatic rings. The first-order valence-electron chi connectivity index (χ1n) is 9.53. The lowest BCUT2D eigenvalue weighted by molar-refractivity contribution is 0.593. The monoisotopic (exact) mass is 368 g/mol. The molecule has 0 amide bonds. The summed E-state index contributed by atoms with van der Waals surface area (Å²) in [6.07, 6.45) is 4.45. The summed E-state index contributed by atoms with van der Waals surface area (Å²) in [5.74, 6) is 0. The Bertz CT molecular complexity index is 854. The van der Waals surface area contributed by atoms with Crippen LogP contribution in [0.15, 0.2) is 84.9 Å². The second-order valence-corrected chi connectivity index (χ2v) is 7.25. The summed E-state index contributed by atoms with van der Waals surface area (Å²) < 4.78 is 0. The number of nitrogens with zero attached hydrogens (tertiary/aromatic N) is 2. The van der Waals surface area contributed by atoms with E-state index in [0.29, 0.717) is 0 Å². The van der Waals surface area contributed by atoms with Crippen LogP contribution in [0.3, 0.4) is 0 Å². The summed E-state index contributed by atoms with van der Waals surface area (Å²) in [5, 5.41) is 0. The van der Waals surface area contributed by atoms with Crippen molar-refractivity contribution in [2.75, 3.05) is 28.2 Å². The summed E-state index contributed by atoms with van der Waals surface area (Å²) in [6, 6.07) is 29.7. The maximum absolute atomic E-state index is 2.22. The Balaban J connectivity index is 1.95. The molecular formula is C26H28N2. The van der Waals surface area contributed by atoms with Gasteiger partial charge in [0.15, 0.2) is 0 Å². The number of hydrogen-bond acceptors (Lipinski definition) is 2. The molecule has 3 rings (SSSR count). The van der Waals surface area contributed by atoms with E-state index >= 15 is 0 Å². The van der Waals surface area contributed by atoms with E-state index in [1.165, 1.54) is 33.6 Å². The summed E-state index contributed by atoms with van der Waals surface area (Å²) in [5.41, 5.74) is 7.19. The Morgan fingerprint density at radius 2 is 0.821 bits per heavy atom. The van der Waals surface area contributed by atoms with Gasteiger partial charge in [0.05, 0.1) is 0 Å². The van der Waals surface area contributed by atoms with Gasteiger partial charge in [-0.05, 0) is 34.4 Å². The van der Waals surface area contributed by atoms with E-state index in [0.717, 1.165) is 0 Å². The zero-order valence-electron chi connectivity index (χ0n) is 17.1. The van der Waals surface area contributed by atoms with Gasteiger partial charge in [-0.25, -0.2) is 0 Å². The topological polar surface area (TPSA) is 6.48 Å². The normalized spacial score (nSPS) is 12.0. The van der Waals surface area contributed by atoms with E-state index < -0.39 is 0 Å². The standard InChI is InChI=1S/C26H28N2/c1-27(2)25(19-21-11-7-5-8-12-21)23-15-17-24(18-16-23)26(28(3)4)20-22-13-9-6-10-14-22/h5-20H,1-4H3. The van der Waals surface area contributed by atoms with Crippen molar-refractivity contribution in [2.24, 2.45) is 0 Å². The van der Waals surface area contributed by atoms with Gasteiger partial charge in [-0.2, -0.15) is 0 Å². The van der Waals surface area contributed by atoms with E-state index in [1.54, 1.807) is 0 Å². The average molecular weight is 369 g/mol. The third kappa shape index (κ3) is 4.92. The summed E-state index contributed by atoms with van der Waals surface area (Å²) >= 11 is 0. The highest BCUT2D eigenvalue weighted by molar-refractivity contribution is 5.83. The van der Waals surface area contributed by atoms with Gasteiger partial charge < -0.3 is 9.80 Å². The largest absolute Gasteiger partial charge is 0.377 e. The van der Waals surface area contributed by atoms with Crippen LogP contribution in [-0.2, 0) is 0 Å². The molecule has 0 atom stereocenters. The summed E-state index contributed by atoms with van der Waals surface area (Å²) in [6.45, 7) is 0. The second kappa shape index (κ2) is 9.09. The highest BCUT2D eigenvalue weighted by atomic mass is 15.1. The molecule has 0 aliphatic heterocycles. The van der Waals surface area contributed by atoms with E-state index in [9.17, 15) is 0 Å². The van der Waals surface area contributed by atoms with Crippen LogP contribution in [0, 0.1) is 0 Å². The Labute approximate surface area is 169 Å². The predicted octanol–water partition coefficient (Wildman–Crippen LogP) is 5.81. The molecule has 0 bridgehead atoms. The second-order valence-electron chi connectivity index (χ2n) is 7.25. The van der Waals surface area contributed by atoms with Gasteiger partial charge in [-0.3, -0.25) is 0 Å². The van der Waals surface area contributed by atoms with E-state index in [-0.39, 0.29) is 0 Å². The molecule has 3 aromatic rings. The molecule has 0 fully saturated rings. The van der Waals surface area contributed by atoms with Gasteiger partial charge in [-0.1, -0.05) is 84.9 Å². The molecule has 0 unspecified atom stereocenters. The number of rotatable bonds is 6. The molecule has 0 saturated heterocycles. The van der Waals surface area contributed by atoms with Crippen molar-refractivity contribution >= 4 is 23.5 Å². The minimum Gasteiger partial charge on any atom is -0.377 e. The number of hydrogen-bond donors (Lipinski definition) is 0. The van der Waals surface area contributed by atoms with Crippen molar-refractivity contribution in [2.45, 2.75) is 0 Å². The third-order valence-corrected chi connectivity index (χ3v) is 4.65. The van der Waals surface area contributed by atoms with Crippen molar-refractivity contribution in [1.82, 2.24) is 9.80 Å². The zero-order valence-corrected chi connectivity index (χ0v) is 17.1. The van der Waals surface area contributed by atoms with Crippen LogP contribution in [0.1, 0.15) is 22.3 Å². The van der Waals surface area contributed by atoms with Crippen LogP contribution in [-0.4, -0.2) is 38.0 Å². The molecule has 0 spiro atoms. The van der Waals surface area contributed by atoms with Crippen LogP contribution >= 0.6 is 0 Å². The molecule has 2 nitrogen and oxygen atoms in total. The summed E-state index contributed by atoms with van der Waals surface area (Å²) in [7, 11) is 8.35. The molecule has 0 N–H and O–H groups in total. The Morgan fingerprint density at radius 3 is 1.11 bits per heavy atom. The van der Waals surface area contributed by atoms with E-state index in [4.69, 9.17) is 0 Å². The average Bonchev–Trinajstić information content (AvgIpc) is 2.72. The maximum atomic E-state index is 2.22. The Kier molecular flexibility index (Phi) is 6.33. The van der Waals surface area contributed by atoms with Gasteiger partial charge >= 0.3 is 0 Å². The maximum Gasteiger partial charge on any atom is 0.0440 e. The highest BCUT2D eigenvalue weighted by Gasteiger charge is 2.08. The predicted molar refractivity (Wildman–Crippen MR) is 122 cm³/mol. The van der Waals surface area contributed by atoms with Crippen LogP contribution in [0.2, 0.25) is 0 Å². The van der Waals surface area contributed by atoms with Crippen molar-refractivity contribution in [3.8, 4) is 0 Å². The Hall–Kier alpha value is -3.26.